The van der Waals surface area contributed by atoms with E-state index in [2.05, 4.69) is 10.6 Å². The molecule has 0 atom stereocenters. The van der Waals surface area contributed by atoms with Gasteiger partial charge in [-0.3, -0.25) is 4.79 Å². The van der Waals surface area contributed by atoms with Gasteiger partial charge >= 0.3 is 0 Å². The van der Waals surface area contributed by atoms with E-state index in [4.69, 9.17) is 21.1 Å². The Hall–Kier alpha value is -1.30. The highest BCUT2D eigenvalue weighted by Gasteiger charge is 2.39. The van der Waals surface area contributed by atoms with Crippen LogP contribution in [0, 0.1) is 5.41 Å². The van der Waals surface area contributed by atoms with Gasteiger partial charge in [-0.15, -0.1) is 0 Å². The molecule has 0 bridgehead atoms. The first-order chi connectivity index (χ1) is 10.7. The minimum Gasteiger partial charge on any atom is -0.492 e. The predicted molar refractivity (Wildman–Crippen MR) is 86.4 cm³/mol. The van der Waals surface area contributed by atoms with Crippen LogP contribution in [0.15, 0.2) is 24.3 Å². The van der Waals surface area contributed by atoms with Crippen molar-refractivity contribution in [2.75, 3.05) is 40.0 Å². The maximum Gasteiger partial charge on any atom is 0.228 e. The van der Waals surface area contributed by atoms with Gasteiger partial charge in [0.2, 0.25) is 5.91 Å². The highest BCUT2D eigenvalue weighted by Crippen LogP contribution is 2.29. The first kappa shape index (κ1) is 17.1. The lowest BCUT2D eigenvalue weighted by molar-refractivity contribution is -0.136. The van der Waals surface area contributed by atoms with Gasteiger partial charge in [-0.05, 0) is 44.1 Å². The number of nitrogens with one attached hydrogen (secondary N) is 2. The van der Waals surface area contributed by atoms with Gasteiger partial charge in [-0.25, -0.2) is 0 Å². The summed E-state index contributed by atoms with van der Waals surface area (Å²) in [6.07, 6.45) is 1.59. The molecule has 5 nitrogen and oxygen atoms in total. The fourth-order valence-corrected chi connectivity index (χ4v) is 2.88. The molecule has 0 aliphatic carbocycles. The Bertz CT molecular complexity index is 485. The van der Waals surface area contributed by atoms with Crippen molar-refractivity contribution in [3.8, 4) is 5.75 Å². The van der Waals surface area contributed by atoms with E-state index in [1.165, 1.54) is 0 Å². The zero-order valence-electron chi connectivity index (χ0n) is 12.9. The molecule has 2 rings (SSSR count). The number of ether oxygens (including phenoxy) is 2. The third kappa shape index (κ3) is 4.60. The van der Waals surface area contributed by atoms with Crippen LogP contribution in [0.5, 0.6) is 5.75 Å². The molecule has 1 aromatic carbocycles. The maximum absolute atomic E-state index is 12.5. The smallest absolute Gasteiger partial charge is 0.228 e. The standard InChI is InChI=1S/C16H23ClN2O3/c1-21-12-16(5-7-18-8-6-16)15(20)19-9-10-22-14-4-2-3-13(17)11-14/h2-4,11,18H,5-10,12H2,1H3,(H,19,20). The van der Waals surface area contributed by atoms with Crippen molar-refractivity contribution in [3.05, 3.63) is 29.3 Å². The molecule has 0 unspecified atom stereocenters. The fraction of sp³-hybridized carbons (Fsp3) is 0.562. The second kappa shape index (κ2) is 8.36. The number of hydrogen-bond acceptors (Lipinski definition) is 4. The quantitative estimate of drug-likeness (QED) is 0.751. The number of hydrogen-bond donors (Lipinski definition) is 2. The molecule has 0 spiro atoms. The molecule has 1 heterocycles. The molecule has 0 aromatic heterocycles. The van der Waals surface area contributed by atoms with Crippen LogP contribution in [0.2, 0.25) is 5.02 Å². The van der Waals surface area contributed by atoms with Crippen LogP contribution in [-0.2, 0) is 9.53 Å². The number of rotatable bonds is 7. The molecule has 1 saturated heterocycles. The molecule has 122 valence electrons. The van der Waals surface area contributed by atoms with E-state index in [1.807, 2.05) is 12.1 Å². The third-order valence-electron chi connectivity index (χ3n) is 3.92. The van der Waals surface area contributed by atoms with E-state index >= 15 is 0 Å². The number of amides is 1. The summed E-state index contributed by atoms with van der Waals surface area (Å²) in [6.45, 7) is 3.01. The van der Waals surface area contributed by atoms with Gasteiger partial charge in [0.15, 0.2) is 0 Å². The van der Waals surface area contributed by atoms with E-state index in [-0.39, 0.29) is 5.91 Å². The molecule has 1 aliphatic heterocycles. The van der Waals surface area contributed by atoms with Gasteiger partial charge in [0.25, 0.3) is 0 Å². The van der Waals surface area contributed by atoms with Gasteiger partial charge in [0.1, 0.15) is 12.4 Å². The van der Waals surface area contributed by atoms with E-state index in [9.17, 15) is 4.79 Å². The molecule has 2 N–H and O–H groups in total. The minimum absolute atomic E-state index is 0.0468. The van der Waals surface area contributed by atoms with Crippen LogP contribution < -0.4 is 15.4 Å². The van der Waals surface area contributed by atoms with Crippen molar-refractivity contribution in [2.24, 2.45) is 5.41 Å². The van der Waals surface area contributed by atoms with Crippen LogP contribution in [0.4, 0.5) is 0 Å². The van der Waals surface area contributed by atoms with Crippen molar-refractivity contribution in [2.45, 2.75) is 12.8 Å². The zero-order chi connectivity index (χ0) is 15.8. The Morgan fingerprint density at radius 3 is 2.86 bits per heavy atom. The van der Waals surface area contributed by atoms with Crippen molar-refractivity contribution < 1.29 is 14.3 Å². The van der Waals surface area contributed by atoms with Crippen molar-refractivity contribution in [1.29, 1.82) is 0 Å². The fourth-order valence-electron chi connectivity index (χ4n) is 2.70. The minimum atomic E-state index is -0.421. The second-order valence-electron chi connectivity index (χ2n) is 5.53. The molecular formula is C16H23ClN2O3. The van der Waals surface area contributed by atoms with Crippen LogP contribution >= 0.6 is 11.6 Å². The number of piperidine rings is 1. The highest BCUT2D eigenvalue weighted by atomic mass is 35.5. The number of halogens is 1. The van der Waals surface area contributed by atoms with Crippen molar-refractivity contribution in [1.82, 2.24) is 10.6 Å². The molecule has 0 saturated carbocycles. The van der Waals surface area contributed by atoms with Gasteiger partial charge < -0.3 is 20.1 Å². The Morgan fingerprint density at radius 2 is 2.18 bits per heavy atom. The Morgan fingerprint density at radius 1 is 1.41 bits per heavy atom. The lowest BCUT2D eigenvalue weighted by Crippen LogP contribution is -2.50. The summed E-state index contributed by atoms with van der Waals surface area (Å²) in [5, 5.41) is 6.87. The lowest BCUT2D eigenvalue weighted by atomic mass is 9.78. The Balaban J connectivity index is 1.78. The summed E-state index contributed by atoms with van der Waals surface area (Å²) in [6, 6.07) is 7.22. The molecule has 22 heavy (non-hydrogen) atoms. The van der Waals surface area contributed by atoms with Gasteiger partial charge in [-0.1, -0.05) is 17.7 Å². The highest BCUT2D eigenvalue weighted by molar-refractivity contribution is 6.30. The summed E-state index contributed by atoms with van der Waals surface area (Å²) in [5.41, 5.74) is -0.421. The van der Waals surface area contributed by atoms with E-state index < -0.39 is 5.41 Å². The predicted octanol–water partition coefficient (Wildman–Crippen LogP) is 1.85. The molecular weight excluding hydrogens is 304 g/mol. The summed E-state index contributed by atoms with van der Waals surface area (Å²) in [7, 11) is 1.64. The third-order valence-corrected chi connectivity index (χ3v) is 4.15. The van der Waals surface area contributed by atoms with Gasteiger partial charge in [-0.2, -0.15) is 0 Å². The molecule has 6 heteroatoms. The Labute approximate surface area is 136 Å². The largest absolute Gasteiger partial charge is 0.492 e. The van der Waals surface area contributed by atoms with Crippen molar-refractivity contribution >= 4 is 17.5 Å². The van der Waals surface area contributed by atoms with E-state index in [0.717, 1.165) is 25.9 Å². The second-order valence-corrected chi connectivity index (χ2v) is 5.96. The first-order valence-corrected chi connectivity index (χ1v) is 7.90. The maximum atomic E-state index is 12.5. The number of benzene rings is 1. The summed E-state index contributed by atoms with van der Waals surface area (Å²) in [5.74, 6) is 0.751. The summed E-state index contributed by atoms with van der Waals surface area (Å²) >= 11 is 5.89. The molecule has 1 fully saturated rings. The first-order valence-electron chi connectivity index (χ1n) is 7.53. The molecule has 0 radical (unpaired) electrons. The normalized spacial score (nSPS) is 17.0. The average Bonchev–Trinajstić information content (AvgIpc) is 2.52. The van der Waals surface area contributed by atoms with Crippen LogP contribution in [-0.4, -0.2) is 45.9 Å². The number of methoxy groups -OCH3 is 1. The molecule has 1 amide bonds. The van der Waals surface area contributed by atoms with Crippen molar-refractivity contribution in [3.63, 3.8) is 0 Å². The number of carbonyl (C=O) groups is 1. The van der Waals surface area contributed by atoms with Gasteiger partial charge in [0.05, 0.1) is 18.6 Å². The number of carbonyl (C=O) groups excluding carboxylic acids is 1. The van der Waals surface area contributed by atoms with Crippen LogP contribution in [0.1, 0.15) is 12.8 Å². The summed E-state index contributed by atoms with van der Waals surface area (Å²) < 4.78 is 10.8. The topological polar surface area (TPSA) is 59.6 Å². The average molecular weight is 327 g/mol. The SMILES string of the molecule is COCC1(C(=O)NCCOc2cccc(Cl)c2)CCNCC1. The zero-order valence-corrected chi connectivity index (χ0v) is 13.6. The van der Waals surface area contributed by atoms with Crippen LogP contribution in [0.25, 0.3) is 0 Å². The summed E-state index contributed by atoms with van der Waals surface area (Å²) in [4.78, 5) is 12.5. The van der Waals surface area contributed by atoms with Gasteiger partial charge in [0, 0.05) is 12.1 Å². The molecule has 1 aromatic rings. The van der Waals surface area contributed by atoms with E-state index in [1.54, 1.807) is 19.2 Å². The monoisotopic (exact) mass is 326 g/mol. The van der Waals surface area contributed by atoms with E-state index in [0.29, 0.717) is 30.5 Å². The molecule has 1 aliphatic rings. The van der Waals surface area contributed by atoms with Crippen LogP contribution in [0.3, 0.4) is 0 Å². The lowest BCUT2D eigenvalue weighted by Gasteiger charge is -2.35. The Kier molecular flexibility index (Phi) is 6.49.